The summed E-state index contributed by atoms with van der Waals surface area (Å²) < 4.78 is 49.2. The van der Waals surface area contributed by atoms with Crippen molar-refractivity contribution in [1.82, 2.24) is 9.88 Å². The zero-order valence-corrected chi connectivity index (χ0v) is 19.2. The number of hydrogen-bond acceptors (Lipinski definition) is 6. The molecule has 0 saturated carbocycles. The average Bonchev–Trinajstić information content (AvgIpc) is 3.16. The molecule has 0 aliphatic carbocycles. The second-order valence-corrected chi connectivity index (χ2v) is 10.2. The van der Waals surface area contributed by atoms with E-state index >= 15 is 0 Å². The van der Waals surface area contributed by atoms with Gasteiger partial charge in [-0.1, -0.05) is 20.8 Å². The van der Waals surface area contributed by atoms with Crippen molar-refractivity contribution < 1.29 is 32.5 Å². The molecular weight excluding hydrogens is 445 g/mol. The van der Waals surface area contributed by atoms with Gasteiger partial charge in [-0.25, -0.2) is 14.2 Å². The largest absolute Gasteiger partial charge is 0.479 e. The number of carboxylic acids is 1. The van der Waals surface area contributed by atoms with Gasteiger partial charge in [-0.05, 0) is 36.0 Å². The first-order valence-corrected chi connectivity index (χ1v) is 11.0. The Kier molecular flexibility index (Phi) is 7.16. The van der Waals surface area contributed by atoms with Crippen LogP contribution in [0.1, 0.15) is 32.1 Å². The Bertz CT molecular complexity index is 963. The fourth-order valence-electron chi connectivity index (χ4n) is 3.95. The van der Waals surface area contributed by atoms with Crippen molar-refractivity contribution in [3.63, 3.8) is 0 Å². The molecule has 32 heavy (non-hydrogen) atoms. The van der Waals surface area contributed by atoms with E-state index in [0.717, 1.165) is 23.1 Å². The highest BCUT2D eigenvalue weighted by Crippen LogP contribution is 2.40. The molecule has 1 aromatic heterocycles. The number of methoxy groups -OCH3 is 1. The first-order valence-electron chi connectivity index (χ1n) is 10.1. The third kappa shape index (κ3) is 5.41. The Hall–Kier alpha value is -2.17. The van der Waals surface area contributed by atoms with Crippen LogP contribution in [0.4, 0.5) is 13.2 Å². The van der Waals surface area contributed by atoms with E-state index in [1.807, 2.05) is 4.90 Å². The highest BCUT2D eigenvalue weighted by Gasteiger charge is 2.48. The number of rotatable bonds is 7. The van der Waals surface area contributed by atoms with E-state index in [2.05, 4.69) is 30.5 Å². The minimum atomic E-state index is -3.04. The minimum absolute atomic E-state index is 0.0777. The Morgan fingerprint density at radius 3 is 2.72 bits per heavy atom. The van der Waals surface area contributed by atoms with Crippen molar-refractivity contribution >= 4 is 17.3 Å². The number of alkyl halides is 2. The normalized spacial score (nSPS) is 22.3. The van der Waals surface area contributed by atoms with Gasteiger partial charge >= 0.3 is 12.6 Å². The van der Waals surface area contributed by atoms with E-state index in [1.165, 1.54) is 18.4 Å². The van der Waals surface area contributed by atoms with E-state index in [4.69, 9.17) is 4.74 Å². The first-order chi connectivity index (χ1) is 14.9. The molecule has 2 atom stereocenters. The molecule has 1 fully saturated rings. The van der Waals surface area contributed by atoms with E-state index in [9.17, 15) is 23.1 Å². The molecule has 10 heteroatoms. The molecule has 176 valence electrons. The Labute approximate surface area is 189 Å². The zero-order valence-electron chi connectivity index (χ0n) is 18.4. The predicted molar refractivity (Wildman–Crippen MR) is 114 cm³/mol. The summed E-state index contributed by atoms with van der Waals surface area (Å²) in [5, 5.41) is 10.2. The first kappa shape index (κ1) is 24.5. The maximum absolute atomic E-state index is 13.8. The Morgan fingerprint density at radius 1 is 1.41 bits per heavy atom. The second-order valence-electron chi connectivity index (χ2n) is 9.09. The van der Waals surface area contributed by atoms with E-state index in [1.54, 1.807) is 6.20 Å². The van der Waals surface area contributed by atoms with Crippen LogP contribution in [-0.4, -0.2) is 53.4 Å². The minimum Gasteiger partial charge on any atom is -0.479 e. The van der Waals surface area contributed by atoms with Gasteiger partial charge in [0.25, 0.3) is 0 Å². The van der Waals surface area contributed by atoms with E-state index in [-0.39, 0.29) is 29.2 Å². The number of ether oxygens (including phenoxy) is 2. The van der Waals surface area contributed by atoms with Crippen molar-refractivity contribution in [3.05, 3.63) is 35.1 Å². The SMILES string of the molecule is COC1(C(=O)O)CC(C(C)(C)C)CN(Cc2cnc(-c3cc(F)ccc3OC(F)F)s2)C1. The van der Waals surface area contributed by atoms with Gasteiger partial charge in [0.1, 0.15) is 16.6 Å². The molecule has 2 unspecified atom stereocenters. The maximum atomic E-state index is 13.8. The molecule has 6 nitrogen and oxygen atoms in total. The van der Waals surface area contributed by atoms with Gasteiger partial charge in [0.05, 0.1) is 5.56 Å². The molecule has 1 aliphatic heterocycles. The van der Waals surface area contributed by atoms with Gasteiger partial charge in [0.2, 0.25) is 0 Å². The summed E-state index contributed by atoms with van der Waals surface area (Å²) in [7, 11) is 1.41. The summed E-state index contributed by atoms with van der Waals surface area (Å²) in [5.74, 6) is -1.67. The van der Waals surface area contributed by atoms with Crippen LogP contribution in [-0.2, 0) is 16.1 Å². The van der Waals surface area contributed by atoms with Gasteiger partial charge in [-0.3, -0.25) is 4.90 Å². The molecule has 1 saturated heterocycles. The smallest absolute Gasteiger partial charge is 0.387 e. The van der Waals surface area contributed by atoms with E-state index < -0.39 is 24.0 Å². The summed E-state index contributed by atoms with van der Waals surface area (Å²) in [6.45, 7) is 4.46. The molecule has 0 bridgehead atoms. The summed E-state index contributed by atoms with van der Waals surface area (Å²) in [5.41, 5.74) is -1.30. The standard InChI is InChI=1S/C22H27F3N2O4S/c1-21(2,3)13-8-22(30-4,19(28)29)12-27(10-13)11-15-9-26-18(32-15)16-7-14(23)5-6-17(16)31-20(24)25/h5-7,9,13,20H,8,10-12H2,1-4H3,(H,28,29). The van der Waals surface area contributed by atoms with Gasteiger partial charge in [-0.2, -0.15) is 8.78 Å². The Balaban J connectivity index is 1.86. The molecule has 2 aromatic rings. The monoisotopic (exact) mass is 472 g/mol. The van der Waals surface area contributed by atoms with Crippen LogP contribution >= 0.6 is 11.3 Å². The molecule has 2 heterocycles. The number of benzene rings is 1. The number of piperidine rings is 1. The predicted octanol–water partition coefficient (Wildman–Crippen LogP) is 4.89. The summed E-state index contributed by atoms with van der Waals surface area (Å²) in [4.78, 5) is 19.1. The molecule has 1 aromatic carbocycles. The summed E-state index contributed by atoms with van der Waals surface area (Å²) in [6.07, 6.45) is 2.00. The summed E-state index contributed by atoms with van der Waals surface area (Å²) in [6, 6.07) is 3.31. The average molecular weight is 473 g/mol. The van der Waals surface area contributed by atoms with Crippen LogP contribution in [0.15, 0.2) is 24.4 Å². The molecule has 1 aliphatic rings. The van der Waals surface area contributed by atoms with Gasteiger partial charge in [0.15, 0.2) is 5.60 Å². The molecule has 0 radical (unpaired) electrons. The lowest BCUT2D eigenvalue weighted by Crippen LogP contribution is -2.58. The number of halogens is 3. The molecule has 1 N–H and O–H groups in total. The summed E-state index contributed by atoms with van der Waals surface area (Å²) >= 11 is 1.22. The third-order valence-corrected chi connectivity index (χ3v) is 6.88. The third-order valence-electron chi connectivity index (χ3n) is 5.86. The van der Waals surface area contributed by atoms with Crippen molar-refractivity contribution in [1.29, 1.82) is 0 Å². The number of thiazole rings is 1. The number of carbonyl (C=O) groups is 1. The zero-order chi connectivity index (χ0) is 23.7. The number of aromatic nitrogens is 1. The van der Waals surface area contributed by atoms with Crippen molar-refractivity contribution in [3.8, 4) is 16.3 Å². The molecule has 0 spiro atoms. The van der Waals surface area contributed by atoms with Crippen LogP contribution in [0.2, 0.25) is 0 Å². The van der Waals surface area contributed by atoms with Crippen molar-refractivity contribution in [2.24, 2.45) is 11.3 Å². The lowest BCUT2D eigenvalue weighted by Gasteiger charge is -2.47. The number of likely N-dealkylation sites (tertiary alicyclic amines) is 1. The quantitative estimate of drug-likeness (QED) is 0.619. The van der Waals surface area contributed by atoms with Crippen molar-refractivity contribution in [2.75, 3.05) is 20.2 Å². The van der Waals surface area contributed by atoms with Crippen LogP contribution in [0.25, 0.3) is 10.6 Å². The molecule has 0 amide bonds. The Morgan fingerprint density at radius 2 is 2.12 bits per heavy atom. The van der Waals surface area contributed by atoms with Crippen molar-refractivity contribution in [2.45, 2.75) is 45.9 Å². The number of nitrogens with zero attached hydrogens (tertiary/aromatic N) is 2. The van der Waals surface area contributed by atoms with Crippen LogP contribution in [0.3, 0.4) is 0 Å². The lowest BCUT2D eigenvalue weighted by molar-refractivity contribution is -0.175. The molecule has 3 rings (SSSR count). The maximum Gasteiger partial charge on any atom is 0.387 e. The fourth-order valence-corrected chi connectivity index (χ4v) is 4.92. The van der Waals surface area contributed by atoms with Gasteiger partial charge < -0.3 is 14.6 Å². The van der Waals surface area contributed by atoms with Crippen LogP contribution in [0, 0.1) is 17.2 Å². The highest BCUT2D eigenvalue weighted by molar-refractivity contribution is 7.15. The fraction of sp³-hybridized carbons (Fsp3) is 0.545. The number of carboxylic acid groups (broad SMARTS) is 1. The van der Waals surface area contributed by atoms with Gasteiger partial charge in [0, 0.05) is 37.8 Å². The lowest BCUT2D eigenvalue weighted by atomic mass is 9.71. The number of aliphatic carboxylic acids is 1. The highest BCUT2D eigenvalue weighted by atomic mass is 32.1. The topological polar surface area (TPSA) is 71.9 Å². The van der Waals surface area contributed by atoms with Crippen LogP contribution < -0.4 is 4.74 Å². The second kappa shape index (κ2) is 9.36. The van der Waals surface area contributed by atoms with E-state index in [0.29, 0.717) is 24.5 Å². The number of hydrogen-bond donors (Lipinski definition) is 1. The van der Waals surface area contributed by atoms with Gasteiger partial charge in [-0.15, -0.1) is 11.3 Å². The van der Waals surface area contributed by atoms with Crippen LogP contribution in [0.5, 0.6) is 5.75 Å². The molecular formula is C22H27F3N2O4S.